The molecule has 0 aliphatic carbocycles. The predicted octanol–water partition coefficient (Wildman–Crippen LogP) is 1.88. The molecule has 14 heavy (non-hydrogen) atoms. The van der Waals surface area contributed by atoms with Crippen LogP contribution in [0, 0.1) is 0 Å². The van der Waals surface area contributed by atoms with Gasteiger partial charge in [-0.1, -0.05) is 18.5 Å². The zero-order valence-electron chi connectivity index (χ0n) is 7.68. The van der Waals surface area contributed by atoms with Gasteiger partial charge in [0, 0.05) is 18.1 Å². The second-order valence-corrected chi connectivity index (χ2v) is 3.15. The topological polar surface area (TPSA) is 43.6 Å². The Bertz CT molecular complexity index is 438. The molecule has 2 rings (SSSR count). The minimum Gasteiger partial charge on any atom is -0.220 e. The van der Waals surface area contributed by atoms with Crippen molar-refractivity contribution in [2.24, 2.45) is 0 Å². The van der Waals surface area contributed by atoms with Gasteiger partial charge in [0.25, 0.3) is 5.95 Å². The molecule has 4 nitrogen and oxygen atoms in total. The summed E-state index contributed by atoms with van der Waals surface area (Å²) in [6, 6.07) is 3.57. The lowest BCUT2D eigenvalue weighted by Crippen LogP contribution is -2.05. The average Bonchev–Trinajstić information content (AvgIpc) is 2.65. The normalized spacial score (nSPS) is 10.4. The van der Waals surface area contributed by atoms with Crippen LogP contribution in [-0.2, 0) is 6.42 Å². The summed E-state index contributed by atoms with van der Waals surface area (Å²) >= 11 is 5.77. The maximum Gasteiger partial charge on any atom is 0.252 e. The molecule has 0 spiro atoms. The second kappa shape index (κ2) is 3.75. The Labute approximate surface area is 86.6 Å². The van der Waals surface area contributed by atoms with E-state index in [0.29, 0.717) is 11.1 Å². The first-order valence-corrected chi connectivity index (χ1v) is 4.71. The first-order chi connectivity index (χ1) is 6.81. The van der Waals surface area contributed by atoms with Gasteiger partial charge in [-0.05, 0) is 18.6 Å². The molecule has 2 heterocycles. The summed E-state index contributed by atoms with van der Waals surface area (Å²) in [4.78, 5) is 8.17. The SMILES string of the molecule is CCc1ccnn1-c1nccc(Cl)n1. The van der Waals surface area contributed by atoms with E-state index in [0.717, 1.165) is 12.1 Å². The molecule has 2 aromatic heterocycles. The van der Waals surface area contributed by atoms with Crippen LogP contribution in [0.15, 0.2) is 24.5 Å². The van der Waals surface area contributed by atoms with E-state index in [1.165, 1.54) is 0 Å². The number of hydrogen-bond acceptors (Lipinski definition) is 3. The highest BCUT2D eigenvalue weighted by Gasteiger charge is 2.05. The molecule has 0 unspecified atom stereocenters. The fourth-order valence-electron chi connectivity index (χ4n) is 1.21. The van der Waals surface area contributed by atoms with Gasteiger partial charge in [-0.2, -0.15) is 10.1 Å². The Balaban J connectivity index is 2.49. The Morgan fingerprint density at radius 1 is 1.36 bits per heavy atom. The third-order valence-corrected chi connectivity index (χ3v) is 2.09. The van der Waals surface area contributed by atoms with E-state index in [1.807, 2.05) is 6.07 Å². The summed E-state index contributed by atoms with van der Waals surface area (Å²) in [5.41, 5.74) is 1.06. The Morgan fingerprint density at radius 2 is 2.21 bits per heavy atom. The van der Waals surface area contributed by atoms with Crippen LogP contribution in [0.4, 0.5) is 0 Å². The van der Waals surface area contributed by atoms with E-state index in [1.54, 1.807) is 23.1 Å². The molecule has 0 aromatic carbocycles. The first kappa shape index (κ1) is 9.15. The van der Waals surface area contributed by atoms with Crippen molar-refractivity contribution in [3.63, 3.8) is 0 Å². The van der Waals surface area contributed by atoms with E-state index < -0.39 is 0 Å². The number of rotatable bonds is 2. The molecule has 0 amide bonds. The van der Waals surface area contributed by atoms with Crippen molar-refractivity contribution in [1.29, 1.82) is 0 Å². The summed E-state index contributed by atoms with van der Waals surface area (Å²) in [6.45, 7) is 2.05. The van der Waals surface area contributed by atoms with Gasteiger partial charge in [0.15, 0.2) is 0 Å². The standard InChI is InChI=1S/C9H9ClN4/c1-2-7-3-6-12-14(7)9-11-5-4-8(10)13-9/h3-6H,2H2,1H3. The summed E-state index contributed by atoms with van der Waals surface area (Å²) in [5, 5.41) is 4.56. The van der Waals surface area contributed by atoms with Crippen molar-refractivity contribution in [1.82, 2.24) is 19.7 Å². The largest absolute Gasteiger partial charge is 0.252 e. The van der Waals surface area contributed by atoms with Crippen molar-refractivity contribution in [2.75, 3.05) is 0 Å². The second-order valence-electron chi connectivity index (χ2n) is 2.77. The van der Waals surface area contributed by atoms with Crippen molar-refractivity contribution >= 4 is 11.6 Å². The van der Waals surface area contributed by atoms with Gasteiger partial charge < -0.3 is 0 Å². The third-order valence-electron chi connectivity index (χ3n) is 1.88. The van der Waals surface area contributed by atoms with Crippen molar-refractivity contribution in [3.8, 4) is 5.95 Å². The van der Waals surface area contributed by atoms with Gasteiger partial charge in [0.2, 0.25) is 0 Å². The van der Waals surface area contributed by atoms with Crippen LogP contribution in [0.3, 0.4) is 0 Å². The van der Waals surface area contributed by atoms with E-state index in [2.05, 4.69) is 22.0 Å². The molecular weight excluding hydrogens is 200 g/mol. The zero-order chi connectivity index (χ0) is 9.97. The molecule has 0 aliphatic rings. The van der Waals surface area contributed by atoms with E-state index in [4.69, 9.17) is 11.6 Å². The lowest BCUT2D eigenvalue weighted by molar-refractivity contribution is 0.760. The molecule has 5 heteroatoms. The number of halogens is 1. The summed E-state index contributed by atoms with van der Waals surface area (Å²) in [6.07, 6.45) is 4.23. The van der Waals surface area contributed by atoms with Crippen LogP contribution in [0.5, 0.6) is 0 Å². The highest BCUT2D eigenvalue weighted by molar-refractivity contribution is 6.29. The number of nitrogens with zero attached hydrogens (tertiary/aromatic N) is 4. The molecule has 0 atom stereocenters. The van der Waals surface area contributed by atoms with Crippen molar-refractivity contribution in [2.45, 2.75) is 13.3 Å². The summed E-state index contributed by atoms with van der Waals surface area (Å²) in [5.74, 6) is 0.513. The van der Waals surface area contributed by atoms with Crippen LogP contribution in [-0.4, -0.2) is 19.7 Å². The van der Waals surface area contributed by atoms with Crippen LogP contribution in [0.25, 0.3) is 5.95 Å². The van der Waals surface area contributed by atoms with Crippen LogP contribution in [0.2, 0.25) is 5.15 Å². The lowest BCUT2D eigenvalue weighted by atomic mass is 10.3. The zero-order valence-corrected chi connectivity index (χ0v) is 8.44. The molecule has 0 radical (unpaired) electrons. The molecular formula is C9H9ClN4. The average molecular weight is 209 g/mol. The first-order valence-electron chi connectivity index (χ1n) is 4.33. The molecule has 0 saturated heterocycles. The molecule has 2 aromatic rings. The smallest absolute Gasteiger partial charge is 0.220 e. The maximum absolute atomic E-state index is 5.77. The van der Waals surface area contributed by atoms with Gasteiger partial charge >= 0.3 is 0 Å². The monoisotopic (exact) mass is 208 g/mol. The minimum absolute atomic E-state index is 0.424. The summed E-state index contributed by atoms with van der Waals surface area (Å²) < 4.78 is 1.69. The molecule has 0 bridgehead atoms. The Kier molecular flexibility index (Phi) is 2.45. The van der Waals surface area contributed by atoms with E-state index in [-0.39, 0.29) is 0 Å². The quantitative estimate of drug-likeness (QED) is 0.708. The van der Waals surface area contributed by atoms with Gasteiger partial charge in [-0.25, -0.2) is 9.67 Å². The molecule has 72 valence electrons. The number of aromatic nitrogens is 4. The number of hydrogen-bond donors (Lipinski definition) is 0. The van der Waals surface area contributed by atoms with E-state index >= 15 is 0 Å². The fraction of sp³-hybridized carbons (Fsp3) is 0.222. The maximum atomic E-state index is 5.77. The molecule has 0 N–H and O–H groups in total. The van der Waals surface area contributed by atoms with Crippen LogP contribution in [0.1, 0.15) is 12.6 Å². The van der Waals surface area contributed by atoms with Gasteiger partial charge in [0.05, 0.1) is 0 Å². The van der Waals surface area contributed by atoms with Gasteiger partial charge in [-0.15, -0.1) is 0 Å². The fourth-order valence-corrected chi connectivity index (χ4v) is 1.34. The minimum atomic E-state index is 0.424. The highest BCUT2D eigenvalue weighted by atomic mass is 35.5. The molecule has 0 fully saturated rings. The van der Waals surface area contributed by atoms with Crippen LogP contribution >= 0.6 is 11.6 Å². The third kappa shape index (κ3) is 1.61. The summed E-state index contributed by atoms with van der Waals surface area (Å²) in [7, 11) is 0. The van der Waals surface area contributed by atoms with Crippen LogP contribution < -0.4 is 0 Å². The van der Waals surface area contributed by atoms with E-state index in [9.17, 15) is 0 Å². The van der Waals surface area contributed by atoms with Gasteiger partial charge in [0.1, 0.15) is 5.15 Å². The predicted molar refractivity (Wildman–Crippen MR) is 53.5 cm³/mol. The number of aryl methyl sites for hydroxylation is 1. The Morgan fingerprint density at radius 3 is 2.93 bits per heavy atom. The van der Waals surface area contributed by atoms with Crippen molar-refractivity contribution in [3.05, 3.63) is 35.4 Å². The molecule has 0 aliphatic heterocycles. The Hall–Kier alpha value is -1.42. The molecule has 0 saturated carbocycles. The highest BCUT2D eigenvalue weighted by Crippen LogP contribution is 2.08. The van der Waals surface area contributed by atoms with Gasteiger partial charge in [-0.3, -0.25) is 0 Å². The van der Waals surface area contributed by atoms with Crippen molar-refractivity contribution < 1.29 is 0 Å². The lowest BCUT2D eigenvalue weighted by Gasteiger charge is -2.02.